The van der Waals surface area contributed by atoms with Gasteiger partial charge < -0.3 is 20.8 Å². The van der Waals surface area contributed by atoms with Crippen LogP contribution in [0, 0.1) is 0 Å². The number of aromatic nitrogens is 3. The molecule has 178 valence electrons. The number of nitrogens with zero attached hydrogens (tertiary/aromatic N) is 3. The van der Waals surface area contributed by atoms with E-state index in [4.69, 9.17) is 0 Å². The number of anilines is 1. The summed E-state index contributed by atoms with van der Waals surface area (Å²) in [6, 6.07) is 15.2. The zero-order valence-electron chi connectivity index (χ0n) is 18.8. The van der Waals surface area contributed by atoms with E-state index in [1.807, 2.05) is 0 Å². The number of rotatable bonds is 8. The lowest BCUT2D eigenvalue weighted by Crippen LogP contribution is -2.42. The van der Waals surface area contributed by atoms with Crippen molar-refractivity contribution in [2.75, 3.05) is 5.32 Å². The van der Waals surface area contributed by atoms with Crippen molar-refractivity contribution in [1.82, 2.24) is 19.9 Å². The van der Waals surface area contributed by atoms with Gasteiger partial charge >= 0.3 is 5.97 Å². The molecule has 1 atom stereocenters. The van der Waals surface area contributed by atoms with E-state index in [9.17, 15) is 24.6 Å². The Balaban J connectivity index is 1.57. The summed E-state index contributed by atoms with van der Waals surface area (Å²) in [5, 5.41) is 32.7. The fourth-order valence-corrected chi connectivity index (χ4v) is 3.55. The molecule has 35 heavy (non-hydrogen) atoms. The SMILES string of the molecule is CCC(=O)Nc1ccc(-c2nnc3c(C(=O)N[C@@H](Cc4ccc(O)cc4)C(=O)O)cccn23)cc1. The van der Waals surface area contributed by atoms with Gasteiger partial charge in [0.15, 0.2) is 11.5 Å². The number of amides is 2. The van der Waals surface area contributed by atoms with Crippen LogP contribution in [0.2, 0.25) is 0 Å². The summed E-state index contributed by atoms with van der Waals surface area (Å²) in [6.45, 7) is 1.77. The van der Waals surface area contributed by atoms with Gasteiger partial charge in [-0.15, -0.1) is 10.2 Å². The second kappa shape index (κ2) is 10.0. The second-order valence-corrected chi connectivity index (χ2v) is 7.85. The standard InChI is InChI=1S/C25H23N5O5/c1-2-21(32)26-17-9-7-16(8-10-17)22-28-29-23-19(4-3-13-30(22)23)24(33)27-20(25(34)35)14-15-5-11-18(31)12-6-15/h3-13,20,31H,2,14H2,1H3,(H,26,32)(H,27,33)(H,34,35)/t20-/m0/s1. The highest BCUT2D eigenvalue weighted by molar-refractivity contribution is 6.01. The fourth-order valence-electron chi connectivity index (χ4n) is 3.55. The first-order chi connectivity index (χ1) is 16.9. The van der Waals surface area contributed by atoms with Gasteiger partial charge in [-0.3, -0.25) is 14.0 Å². The molecule has 2 aromatic carbocycles. The van der Waals surface area contributed by atoms with Gasteiger partial charge in [-0.25, -0.2) is 4.79 Å². The Morgan fingerprint density at radius 1 is 1.00 bits per heavy atom. The smallest absolute Gasteiger partial charge is 0.326 e. The highest BCUT2D eigenvalue weighted by atomic mass is 16.4. The Morgan fingerprint density at radius 3 is 2.37 bits per heavy atom. The van der Waals surface area contributed by atoms with Crippen molar-refractivity contribution in [1.29, 1.82) is 0 Å². The van der Waals surface area contributed by atoms with Gasteiger partial charge in [-0.1, -0.05) is 19.1 Å². The van der Waals surface area contributed by atoms with E-state index in [1.54, 1.807) is 66.1 Å². The van der Waals surface area contributed by atoms with Crippen molar-refractivity contribution in [3.8, 4) is 17.1 Å². The number of carboxylic acid groups (broad SMARTS) is 1. The van der Waals surface area contributed by atoms with E-state index < -0.39 is 17.9 Å². The number of nitrogens with one attached hydrogen (secondary N) is 2. The molecular weight excluding hydrogens is 450 g/mol. The average Bonchev–Trinajstić information content (AvgIpc) is 3.29. The highest BCUT2D eigenvalue weighted by Gasteiger charge is 2.23. The molecule has 4 N–H and O–H groups in total. The largest absolute Gasteiger partial charge is 0.508 e. The van der Waals surface area contributed by atoms with Gasteiger partial charge in [0, 0.05) is 30.3 Å². The van der Waals surface area contributed by atoms with Crippen LogP contribution in [0.15, 0.2) is 66.9 Å². The predicted molar refractivity (Wildman–Crippen MR) is 128 cm³/mol. The fraction of sp³-hybridized carbons (Fsp3) is 0.160. The van der Waals surface area contributed by atoms with Crippen molar-refractivity contribution < 1.29 is 24.6 Å². The minimum absolute atomic E-state index is 0.0450. The zero-order chi connectivity index (χ0) is 24.9. The first kappa shape index (κ1) is 23.4. The number of hydrogen-bond acceptors (Lipinski definition) is 6. The third-order valence-electron chi connectivity index (χ3n) is 5.41. The molecule has 0 aliphatic heterocycles. The van der Waals surface area contributed by atoms with Gasteiger partial charge in [0.1, 0.15) is 11.8 Å². The number of phenols is 1. The lowest BCUT2D eigenvalue weighted by molar-refractivity contribution is -0.139. The minimum Gasteiger partial charge on any atom is -0.508 e. The van der Waals surface area contributed by atoms with Crippen LogP contribution in [0.25, 0.3) is 17.0 Å². The van der Waals surface area contributed by atoms with Crippen LogP contribution in [-0.4, -0.2) is 48.6 Å². The molecule has 0 bridgehead atoms. The lowest BCUT2D eigenvalue weighted by Gasteiger charge is -2.15. The maximum atomic E-state index is 13.0. The third kappa shape index (κ3) is 5.27. The summed E-state index contributed by atoms with van der Waals surface area (Å²) >= 11 is 0. The first-order valence-corrected chi connectivity index (χ1v) is 10.9. The molecule has 0 spiro atoms. The number of carbonyl (C=O) groups excluding carboxylic acids is 2. The van der Waals surface area contributed by atoms with Gasteiger partial charge in [0.25, 0.3) is 5.91 Å². The van der Waals surface area contributed by atoms with E-state index in [0.29, 0.717) is 23.5 Å². The lowest BCUT2D eigenvalue weighted by atomic mass is 10.1. The predicted octanol–water partition coefficient (Wildman–Crippen LogP) is 2.88. The molecule has 0 fully saturated rings. The summed E-state index contributed by atoms with van der Waals surface area (Å²) in [6.07, 6.45) is 2.13. The van der Waals surface area contributed by atoms with Gasteiger partial charge in [-0.2, -0.15) is 0 Å². The van der Waals surface area contributed by atoms with E-state index in [-0.39, 0.29) is 29.3 Å². The number of pyridine rings is 1. The average molecular weight is 473 g/mol. The number of carboxylic acids is 1. The second-order valence-electron chi connectivity index (χ2n) is 7.85. The Kier molecular flexibility index (Phi) is 6.72. The number of aliphatic carboxylic acids is 1. The molecule has 2 heterocycles. The molecule has 2 aromatic heterocycles. The molecule has 0 unspecified atom stereocenters. The third-order valence-corrected chi connectivity index (χ3v) is 5.41. The Bertz CT molecular complexity index is 1380. The highest BCUT2D eigenvalue weighted by Crippen LogP contribution is 2.22. The van der Waals surface area contributed by atoms with Crippen LogP contribution < -0.4 is 10.6 Å². The molecular formula is C25H23N5O5. The minimum atomic E-state index is -1.18. The maximum Gasteiger partial charge on any atom is 0.326 e. The van der Waals surface area contributed by atoms with Gasteiger partial charge in [0.2, 0.25) is 5.91 Å². The monoisotopic (exact) mass is 473 g/mol. The van der Waals surface area contributed by atoms with Gasteiger partial charge in [-0.05, 0) is 54.1 Å². The van der Waals surface area contributed by atoms with E-state index >= 15 is 0 Å². The molecule has 2 amide bonds. The van der Waals surface area contributed by atoms with Crippen LogP contribution in [0.5, 0.6) is 5.75 Å². The number of carbonyl (C=O) groups is 3. The molecule has 10 heteroatoms. The Labute approximate surface area is 200 Å². The summed E-state index contributed by atoms with van der Waals surface area (Å²) in [4.78, 5) is 36.4. The molecule has 10 nitrogen and oxygen atoms in total. The quantitative estimate of drug-likeness (QED) is 0.308. The first-order valence-electron chi connectivity index (χ1n) is 10.9. The topological polar surface area (TPSA) is 146 Å². The van der Waals surface area contributed by atoms with Crippen molar-refractivity contribution in [3.63, 3.8) is 0 Å². The number of fused-ring (bicyclic) bond motifs is 1. The molecule has 0 aliphatic carbocycles. The van der Waals surface area contributed by atoms with E-state index in [0.717, 1.165) is 5.56 Å². The zero-order valence-corrected chi connectivity index (χ0v) is 18.8. The Hall–Kier alpha value is -4.73. The van der Waals surface area contributed by atoms with Crippen molar-refractivity contribution in [2.45, 2.75) is 25.8 Å². The number of benzene rings is 2. The molecule has 0 radical (unpaired) electrons. The molecule has 0 saturated carbocycles. The Morgan fingerprint density at radius 2 is 1.71 bits per heavy atom. The van der Waals surface area contributed by atoms with E-state index in [2.05, 4.69) is 20.8 Å². The summed E-state index contributed by atoms with van der Waals surface area (Å²) in [7, 11) is 0. The molecule has 4 rings (SSSR count). The van der Waals surface area contributed by atoms with Crippen molar-refractivity contribution >= 4 is 29.1 Å². The van der Waals surface area contributed by atoms with Crippen LogP contribution in [0.4, 0.5) is 5.69 Å². The summed E-state index contributed by atoms with van der Waals surface area (Å²) < 4.78 is 1.64. The van der Waals surface area contributed by atoms with Crippen LogP contribution in [0.1, 0.15) is 29.3 Å². The van der Waals surface area contributed by atoms with E-state index in [1.165, 1.54) is 12.1 Å². The van der Waals surface area contributed by atoms with Crippen molar-refractivity contribution in [2.24, 2.45) is 0 Å². The summed E-state index contributed by atoms with van der Waals surface area (Å²) in [5.41, 5.74) is 2.48. The van der Waals surface area contributed by atoms with Crippen molar-refractivity contribution in [3.05, 3.63) is 78.0 Å². The number of phenolic OH excluding ortho intramolecular Hbond substituents is 1. The molecule has 0 saturated heterocycles. The van der Waals surface area contributed by atoms with Gasteiger partial charge in [0.05, 0.1) is 5.56 Å². The van der Waals surface area contributed by atoms with Crippen LogP contribution in [0.3, 0.4) is 0 Å². The number of hydrogen-bond donors (Lipinski definition) is 4. The maximum absolute atomic E-state index is 13.0. The molecule has 4 aromatic rings. The number of aromatic hydroxyl groups is 1. The van der Waals surface area contributed by atoms with Crippen LogP contribution in [-0.2, 0) is 16.0 Å². The normalized spacial score (nSPS) is 11.7. The van der Waals surface area contributed by atoms with Crippen LogP contribution >= 0.6 is 0 Å². The molecule has 0 aliphatic rings. The summed E-state index contributed by atoms with van der Waals surface area (Å²) in [5.74, 6) is -1.32.